The van der Waals surface area contributed by atoms with Gasteiger partial charge in [-0.25, -0.2) is 0 Å². The highest BCUT2D eigenvalue weighted by atomic mass is 33.2. The molecule has 3 aromatic carbocycles. The molecule has 0 saturated carbocycles. The summed E-state index contributed by atoms with van der Waals surface area (Å²) in [5.74, 6) is 1.67. The smallest absolute Gasteiger partial charge is 0.128 e. The van der Waals surface area contributed by atoms with E-state index in [0.29, 0.717) is 0 Å². The molecule has 1 aliphatic heterocycles. The molecular formula is C22H22NO2PS3. The highest BCUT2D eigenvalue weighted by Gasteiger charge is 2.32. The van der Waals surface area contributed by atoms with Crippen LogP contribution >= 0.6 is 27.4 Å². The number of hydrogen-bond acceptors (Lipinski definition) is 5. The molecule has 1 atom stereocenters. The maximum atomic E-state index is 6.27. The Bertz CT molecular complexity index is 1020. The predicted molar refractivity (Wildman–Crippen MR) is 129 cm³/mol. The van der Waals surface area contributed by atoms with Crippen molar-refractivity contribution in [3.8, 4) is 22.6 Å². The number of hydrogen-bond donors (Lipinski definition) is 1. The SMILES string of the molecule is COc1cccc2c1-c1c(OC)cccc1SP(=S)(N[C@@H](C)c1ccccc1)S2. The van der Waals surface area contributed by atoms with Crippen molar-refractivity contribution in [2.24, 2.45) is 0 Å². The van der Waals surface area contributed by atoms with Crippen molar-refractivity contribution in [3.05, 3.63) is 72.3 Å². The lowest BCUT2D eigenvalue weighted by Gasteiger charge is -2.25. The van der Waals surface area contributed by atoms with Crippen LogP contribution in [0.1, 0.15) is 18.5 Å². The first-order chi connectivity index (χ1) is 14.0. The van der Waals surface area contributed by atoms with E-state index in [-0.39, 0.29) is 6.04 Å². The average molecular weight is 460 g/mol. The molecule has 0 unspecified atom stereocenters. The molecule has 0 spiro atoms. The van der Waals surface area contributed by atoms with Crippen LogP contribution in [0.5, 0.6) is 11.5 Å². The Labute approximate surface area is 185 Å². The van der Waals surface area contributed by atoms with Crippen molar-refractivity contribution in [1.29, 1.82) is 0 Å². The topological polar surface area (TPSA) is 30.5 Å². The number of benzene rings is 3. The zero-order chi connectivity index (χ0) is 20.4. The fourth-order valence-electron chi connectivity index (χ4n) is 3.39. The van der Waals surface area contributed by atoms with Crippen molar-refractivity contribution in [1.82, 2.24) is 5.09 Å². The van der Waals surface area contributed by atoms with Gasteiger partial charge in [-0.05, 0) is 36.8 Å². The monoisotopic (exact) mass is 459 g/mol. The summed E-state index contributed by atoms with van der Waals surface area (Å²) < 4.78 is 9.35. The van der Waals surface area contributed by atoms with Gasteiger partial charge in [0.05, 0.1) is 14.2 Å². The van der Waals surface area contributed by atoms with Gasteiger partial charge in [0.15, 0.2) is 0 Å². The summed E-state index contributed by atoms with van der Waals surface area (Å²) in [4.78, 5) is 2.24. The number of rotatable bonds is 5. The first-order valence-corrected chi connectivity index (χ1v) is 14.9. The van der Waals surface area contributed by atoms with E-state index in [1.54, 1.807) is 37.0 Å². The Kier molecular flexibility index (Phi) is 6.28. The maximum absolute atomic E-state index is 6.27. The molecule has 3 aromatic rings. The molecule has 3 nitrogen and oxygen atoms in total. The third-order valence-electron chi connectivity index (χ3n) is 4.75. The van der Waals surface area contributed by atoms with E-state index in [2.05, 4.69) is 48.4 Å². The molecule has 0 aromatic heterocycles. The summed E-state index contributed by atoms with van der Waals surface area (Å²) in [6.45, 7) is 2.17. The van der Waals surface area contributed by atoms with Crippen LogP contribution in [0.3, 0.4) is 0 Å². The first-order valence-electron chi connectivity index (χ1n) is 9.21. The van der Waals surface area contributed by atoms with Gasteiger partial charge in [-0.1, -0.05) is 77.0 Å². The van der Waals surface area contributed by atoms with Gasteiger partial charge in [0.1, 0.15) is 16.1 Å². The third kappa shape index (κ3) is 4.23. The molecule has 1 heterocycles. The lowest BCUT2D eigenvalue weighted by molar-refractivity contribution is 0.409. The lowest BCUT2D eigenvalue weighted by atomic mass is 10.0. The fourth-order valence-corrected chi connectivity index (χ4v) is 13.1. The van der Waals surface area contributed by atoms with Gasteiger partial charge in [0.25, 0.3) is 0 Å². The van der Waals surface area contributed by atoms with Crippen LogP contribution in [0, 0.1) is 0 Å². The van der Waals surface area contributed by atoms with E-state index in [9.17, 15) is 0 Å². The summed E-state index contributed by atoms with van der Waals surface area (Å²) in [5, 5.41) is 3.78. The summed E-state index contributed by atoms with van der Waals surface area (Å²) in [7, 11) is 3.42. The molecule has 1 aliphatic rings. The van der Waals surface area contributed by atoms with E-state index in [1.165, 1.54) is 5.56 Å². The van der Waals surface area contributed by atoms with Crippen LogP contribution in [-0.2, 0) is 11.8 Å². The van der Waals surface area contributed by atoms with E-state index in [1.807, 2.05) is 30.3 Å². The van der Waals surface area contributed by atoms with Crippen LogP contribution < -0.4 is 14.6 Å². The highest BCUT2D eigenvalue weighted by molar-refractivity contribution is 9.00. The predicted octanol–water partition coefficient (Wildman–Crippen LogP) is 7.14. The standard InChI is InChI=1S/C22H22NO2PS3/c1-15(16-9-5-4-6-10-16)23-26(27)28-19-13-7-11-17(24-2)21(19)22-18(25-3)12-8-14-20(22)29-26/h4-15H,1-3H3,(H,23,27)/t15-/m0/s1. The zero-order valence-electron chi connectivity index (χ0n) is 16.4. The largest absolute Gasteiger partial charge is 0.496 e. The Balaban J connectivity index is 1.83. The summed E-state index contributed by atoms with van der Waals surface area (Å²) >= 11 is 9.77. The van der Waals surface area contributed by atoms with Crippen LogP contribution in [0.2, 0.25) is 0 Å². The molecule has 150 valence electrons. The lowest BCUT2D eigenvalue weighted by Crippen LogP contribution is -2.12. The molecule has 0 bridgehead atoms. The minimum atomic E-state index is -2.10. The van der Waals surface area contributed by atoms with E-state index in [0.717, 1.165) is 32.4 Å². The van der Waals surface area contributed by atoms with E-state index in [4.69, 9.17) is 21.3 Å². The molecule has 0 fully saturated rings. The molecule has 1 N–H and O–H groups in total. The second kappa shape index (κ2) is 8.75. The average Bonchev–Trinajstić information content (AvgIpc) is 2.86. The Morgan fingerprint density at radius 1 is 0.793 bits per heavy atom. The highest BCUT2D eigenvalue weighted by Crippen LogP contribution is 2.76. The second-order valence-corrected chi connectivity index (χ2v) is 17.2. The minimum absolute atomic E-state index is 0.156. The molecule has 7 heteroatoms. The van der Waals surface area contributed by atoms with Gasteiger partial charge in [-0.15, -0.1) is 0 Å². The van der Waals surface area contributed by atoms with Gasteiger partial charge in [-0.3, -0.25) is 5.09 Å². The molecule has 29 heavy (non-hydrogen) atoms. The number of ether oxygens (including phenoxy) is 2. The van der Waals surface area contributed by atoms with E-state index >= 15 is 0 Å². The molecule has 4 rings (SSSR count). The summed E-state index contributed by atoms with van der Waals surface area (Å²) in [6, 6.07) is 22.9. The van der Waals surface area contributed by atoms with Crippen LogP contribution in [-0.4, -0.2) is 14.2 Å². The van der Waals surface area contributed by atoms with E-state index < -0.39 is 4.59 Å². The molecular weight excluding hydrogens is 437 g/mol. The normalized spacial score (nSPS) is 15.6. The maximum Gasteiger partial charge on any atom is 0.128 e. The third-order valence-corrected chi connectivity index (χ3v) is 13.3. The number of nitrogens with one attached hydrogen (secondary N) is 1. The zero-order valence-corrected chi connectivity index (χ0v) is 19.8. The Morgan fingerprint density at radius 3 is 1.79 bits per heavy atom. The minimum Gasteiger partial charge on any atom is -0.496 e. The van der Waals surface area contributed by atoms with Gasteiger partial charge >= 0.3 is 0 Å². The first kappa shape index (κ1) is 20.8. The molecule has 0 radical (unpaired) electrons. The Morgan fingerprint density at radius 2 is 1.31 bits per heavy atom. The molecule has 0 aliphatic carbocycles. The van der Waals surface area contributed by atoms with Crippen molar-refractivity contribution in [3.63, 3.8) is 0 Å². The fraction of sp³-hybridized carbons (Fsp3) is 0.182. The van der Waals surface area contributed by atoms with Gasteiger partial charge in [0, 0.05) is 27.0 Å². The van der Waals surface area contributed by atoms with Gasteiger partial charge < -0.3 is 9.47 Å². The van der Waals surface area contributed by atoms with Crippen LogP contribution in [0.15, 0.2) is 76.5 Å². The van der Waals surface area contributed by atoms with Crippen molar-refractivity contribution in [2.45, 2.75) is 22.8 Å². The molecule has 0 saturated heterocycles. The van der Waals surface area contributed by atoms with Crippen molar-refractivity contribution < 1.29 is 9.47 Å². The van der Waals surface area contributed by atoms with Crippen molar-refractivity contribution >= 4 is 39.2 Å². The number of fused-ring (bicyclic) bond motifs is 3. The summed E-state index contributed by atoms with van der Waals surface area (Å²) in [5.41, 5.74) is 3.35. The van der Waals surface area contributed by atoms with Crippen LogP contribution in [0.4, 0.5) is 0 Å². The Hall–Kier alpha value is -1.43. The van der Waals surface area contributed by atoms with Gasteiger partial charge in [-0.2, -0.15) is 0 Å². The number of methoxy groups -OCH3 is 2. The second-order valence-electron chi connectivity index (χ2n) is 6.61. The van der Waals surface area contributed by atoms with Crippen molar-refractivity contribution in [2.75, 3.05) is 14.2 Å². The quantitative estimate of drug-likeness (QED) is 0.408. The molecule has 0 amide bonds. The van der Waals surface area contributed by atoms with Crippen LogP contribution in [0.25, 0.3) is 11.1 Å². The van der Waals surface area contributed by atoms with Gasteiger partial charge in [0.2, 0.25) is 0 Å². The summed E-state index contributed by atoms with van der Waals surface area (Å²) in [6.07, 6.45) is 0.